The van der Waals surface area contributed by atoms with Crippen molar-refractivity contribution in [3.05, 3.63) is 12.2 Å². The highest BCUT2D eigenvalue weighted by Crippen LogP contribution is 2.22. The predicted molar refractivity (Wildman–Crippen MR) is 95.5 cm³/mol. The van der Waals surface area contributed by atoms with Crippen LogP contribution in [0.25, 0.3) is 0 Å². The number of unbranched alkanes of at least 4 members (excludes halogenated alkanes) is 2. The Morgan fingerprint density at radius 1 is 0.750 bits per heavy atom. The summed E-state index contributed by atoms with van der Waals surface area (Å²) in [5.74, 6) is 0.482. The molecule has 2 unspecified atom stereocenters. The van der Waals surface area contributed by atoms with Crippen molar-refractivity contribution in [3.63, 3.8) is 0 Å². The van der Waals surface area contributed by atoms with Gasteiger partial charge < -0.3 is 9.47 Å². The third-order valence-electron chi connectivity index (χ3n) is 4.35. The predicted octanol–water partition coefficient (Wildman–Crippen LogP) is 4.81. The summed E-state index contributed by atoms with van der Waals surface area (Å²) in [7, 11) is 0. The topological polar surface area (TPSA) is 52.6 Å². The smallest absolute Gasteiger partial charge is 0.331 e. The highest BCUT2D eigenvalue weighted by Gasteiger charge is 2.28. The number of cyclic esters (lactones) is 2. The van der Waals surface area contributed by atoms with Crippen LogP contribution in [0.3, 0.4) is 0 Å². The highest BCUT2D eigenvalue weighted by molar-refractivity contribution is 5.92. The Labute approximate surface area is 147 Å². The van der Waals surface area contributed by atoms with Crippen LogP contribution in [0.4, 0.5) is 0 Å². The van der Waals surface area contributed by atoms with Gasteiger partial charge in [-0.1, -0.05) is 53.4 Å². The summed E-state index contributed by atoms with van der Waals surface area (Å²) in [6.45, 7) is 8.83. The summed E-state index contributed by atoms with van der Waals surface area (Å²) in [4.78, 5) is 23.6. The van der Waals surface area contributed by atoms with E-state index >= 15 is 0 Å². The summed E-state index contributed by atoms with van der Waals surface area (Å²) in [6.07, 6.45) is 9.72. The molecular weight excluding hydrogens is 304 g/mol. The van der Waals surface area contributed by atoms with Crippen LogP contribution in [0.1, 0.15) is 79.1 Å². The Morgan fingerprint density at radius 3 is 1.46 bits per heavy atom. The Bertz CT molecular complexity index is 374. The number of hydrogen-bond acceptors (Lipinski definition) is 4. The van der Waals surface area contributed by atoms with E-state index in [9.17, 15) is 9.59 Å². The highest BCUT2D eigenvalue weighted by atomic mass is 16.6. The van der Waals surface area contributed by atoms with Crippen molar-refractivity contribution in [1.29, 1.82) is 0 Å². The number of rotatable bonds is 10. The number of ether oxygens (including phenoxy) is 2. The molecule has 0 saturated heterocycles. The number of hydrogen-bond donors (Lipinski definition) is 0. The minimum absolute atomic E-state index is 0.322. The molecule has 24 heavy (non-hydrogen) atoms. The molecular formula is C20H34O4. The molecule has 0 amide bonds. The van der Waals surface area contributed by atoms with Crippen molar-refractivity contribution in [3.8, 4) is 0 Å². The maximum absolute atomic E-state index is 11.8. The first-order valence-corrected chi connectivity index (χ1v) is 9.47. The van der Waals surface area contributed by atoms with Crippen LogP contribution in [-0.4, -0.2) is 24.1 Å². The molecule has 0 bridgehead atoms. The molecule has 138 valence electrons. The van der Waals surface area contributed by atoms with E-state index in [1.54, 1.807) is 0 Å². The molecule has 0 fully saturated rings. The molecule has 0 spiro atoms. The van der Waals surface area contributed by atoms with Gasteiger partial charge >= 0.3 is 11.9 Å². The first-order chi connectivity index (χ1) is 11.4. The second kappa shape index (κ2) is 11.3. The van der Waals surface area contributed by atoms with Crippen molar-refractivity contribution in [2.75, 3.05) is 0 Å². The second-order valence-corrected chi connectivity index (χ2v) is 7.64. The van der Waals surface area contributed by atoms with E-state index in [1.165, 1.54) is 25.0 Å². The van der Waals surface area contributed by atoms with Crippen molar-refractivity contribution in [1.82, 2.24) is 0 Å². The van der Waals surface area contributed by atoms with Gasteiger partial charge in [0.25, 0.3) is 0 Å². The molecule has 0 N–H and O–H groups in total. The molecule has 0 aliphatic carbocycles. The minimum atomic E-state index is -0.437. The maximum Gasteiger partial charge on any atom is 0.331 e. The first-order valence-electron chi connectivity index (χ1n) is 9.47. The second-order valence-electron chi connectivity index (χ2n) is 7.64. The fraction of sp³-hybridized carbons (Fsp3) is 0.800. The van der Waals surface area contributed by atoms with E-state index < -0.39 is 11.9 Å². The van der Waals surface area contributed by atoms with Crippen LogP contribution in [0.15, 0.2) is 12.2 Å². The van der Waals surface area contributed by atoms with E-state index in [0.717, 1.165) is 38.5 Å². The van der Waals surface area contributed by atoms with Crippen LogP contribution < -0.4 is 0 Å². The molecule has 0 aromatic rings. The molecule has 1 heterocycles. The molecule has 0 aromatic carbocycles. The fourth-order valence-corrected chi connectivity index (χ4v) is 2.95. The zero-order valence-corrected chi connectivity index (χ0v) is 15.8. The largest absolute Gasteiger partial charge is 0.455 e. The summed E-state index contributed by atoms with van der Waals surface area (Å²) in [5.41, 5.74) is 0. The lowest BCUT2D eigenvalue weighted by Crippen LogP contribution is -2.36. The van der Waals surface area contributed by atoms with Crippen LogP contribution in [0.5, 0.6) is 0 Å². The van der Waals surface area contributed by atoms with Gasteiger partial charge in [0.2, 0.25) is 0 Å². The van der Waals surface area contributed by atoms with Gasteiger partial charge in [0.05, 0.1) is 0 Å². The van der Waals surface area contributed by atoms with Crippen LogP contribution in [0, 0.1) is 11.8 Å². The summed E-state index contributed by atoms with van der Waals surface area (Å²) in [5, 5.41) is 0. The van der Waals surface area contributed by atoms with Crippen molar-refractivity contribution in [2.45, 2.75) is 91.3 Å². The standard InChI is InChI=1S/C20H34O4/c1-15(2)9-5-7-11-17-18(12-8-6-10-16(3)4)24-20(22)14-13-19(21)23-17/h13-18H,5-12H2,1-4H3/b14-13-. The molecule has 4 nitrogen and oxygen atoms in total. The summed E-state index contributed by atoms with van der Waals surface area (Å²) < 4.78 is 11.1. The zero-order chi connectivity index (χ0) is 17.9. The quantitative estimate of drug-likeness (QED) is 0.423. The van der Waals surface area contributed by atoms with Crippen LogP contribution in [0.2, 0.25) is 0 Å². The Kier molecular flexibility index (Phi) is 9.73. The number of carbonyl (C=O) groups excluding carboxylic acids is 2. The molecule has 0 saturated carbocycles. The SMILES string of the molecule is CC(C)CCCCC1OC(=O)/C=C\C(=O)OC1CCCCC(C)C. The van der Waals surface area contributed by atoms with E-state index in [2.05, 4.69) is 27.7 Å². The minimum Gasteiger partial charge on any atom is -0.455 e. The molecule has 0 aromatic heterocycles. The van der Waals surface area contributed by atoms with Gasteiger partial charge in [-0.25, -0.2) is 9.59 Å². The molecule has 0 radical (unpaired) electrons. The molecule has 1 aliphatic rings. The first kappa shape index (κ1) is 20.7. The zero-order valence-electron chi connectivity index (χ0n) is 15.8. The van der Waals surface area contributed by atoms with Crippen molar-refractivity contribution in [2.24, 2.45) is 11.8 Å². The van der Waals surface area contributed by atoms with Crippen molar-refractivity contribution < 1.29 is 19.1 Å². The molecule has 2 atom stereocenters. The maximum atomic E-state index is 11.8. The monoisotopic (exact) mass is 338 g/mol. The van der Waals surface area contributed by atoms with Crippen molar-refractivity contribution >= 4 is 11.9 Å². The molecule has 1 rings (SSSR count). The van der Waals surface area contributed by atoms with Gasteiger partial charge in [-0.05, 0) is 37.5 Å². The van der Waals surface area contributed by atoms with Gasteiger partial charge in [0, 0.05) is 12.2 Å². The Balaban J connectivity index is 2.57. The van der Waals surface area contributed by atoms with Gasteiger partial charge in [0.15, 0.2) is 0 Å². The van der Waals surface area contributed by atoms with E-state index in [0.29, 0.717) is 11.8 Å². The average Bonchev–Trinajstić information content (AvgIpc) is 2.49. The van der Waals surface area contributed by atoms with Crippen LogP contribution >= 0.6 is 0 Å². The lowest BCUT2D eigenvalue weighted by atomic mass is 9.97. The van der Waals surface area contributed by atoms with Gasteiger partial charge in [-0.2, -0.15) is 0 Å². The molecule has 1 aliphatic heterocycles. The lowest BCUT2D eigenvalue weighted by Gasteiger charge is -2.28. The van der Waals surface area contributed by atoms with Gasteiger partial charge in [-0.3, -0.25) is 0 Å². The summed E-state index contributed by atoms with van der Waals surface area (Å²) >= 11 is 0. The Hall–Kier alpha value is -1.32. The summed E-state index contributed by atoms with van der Waals surface area (Å²) in [6, 6.07) is 0. The third-order valence-corrected chi connectivity index (χ3v) is 4.35. The normalized spacial score (nSPS) is 22.9. The number of carbonyl (C=O) groups is 2. The fourth-order valence-electron chi connectivity index (χ4n) is 2.95. The average molecular weight is 338 g/mol. The third kappa shape index (κ3) is 9.09. The Morgan fingerprint density at radius 2 is 1.12 bits per heavy atom. The van der Waals surface area contributed by atoms with E-state index in [4.69, 9.17) is 9.47 Å². The van der Waals surface area contributed by atoms with E-state index in [-0.39, 0.29) is 12.2 Å². The molecule has 4 heteroatoms. The van der Waals surface area contributed by atoms with Gasteiger partial charge in [0.1, 0.15) is 12.2 Å². The van der Waals surface area contributed by atoms with Crippen LogP contribution in [-0.2, 0) is 19.1 Å². The lowest BCUT2D eigenvalue weighted by molar-refractivity contribution is -0.165. The van der Waals surface area contributed by atoms with Gasteiger partial charge in [-0.15, -0.1) is 0 Å². The number of esters is 2. The van der Waals surface area contributed by atoms with E-state index in [1.807, 2.05) is 0 Å².